The largest absolute Gasteiger partial charge is 0.456 e. The second kappa shape index (κ2) is 10.4. The number of rotatable bonds is 7. The number of nitrogens with one attached hydrogen (secondary N) is 1. The van der Waals surface area contributed by atoms with Crippen LogP contribution < -0.4 is 4.72 Å². The topological polar surface area (TPSA) is 92.8 Å². The van der Waals surface area contributed by atoms with Gasteiger partial charge >= 0.3 is 5.97 Å². The number of hydrogen-bond donors (Lipinski definition) is 1. The zero-order chi connectivity index (χ0) is 19.7. The first-order chi connectivity index (χ1) is 12.9. The molecule has 0 atom stereocenters. The number of aryl methyl sites for hydroxylation is 1. The Balaban J connectivity index is 1.71. The molecule has 0 aliphatic carbocycles. The van der Waals surface area contributed by atoms with Gasteiger partial charge in [-0.2, -0.15) is 0 Å². The molecule has 1 fully saturated rings. The highest BCUT2D eigenvalue weighted by Gasteiger charge is 2.18. The molecular weight excluding hydrogens is 368 g/mol. The van der Waals surface area contributed by atoms with E-state index in [2.05, 4.69) is 4.72 Å². The van der Waals surface area contributed by atoms with Crippen LogP contribution in [-0.2, 0) is 24.3 Å². The highest BCUT2D eigenvalue weighted by atomic mass is 32.2. The lowest BCUT2D eigenvalue weighted by Gasteiger charge is -2.24. The fourth-order valence-corrected chi connectivity index (χ4v) is 3.92. The van der Waals surface area contributed by atoms with E-state index in [1.165, 1.54) is 18.6 Å². The van der Waals surface area contributed by atoms with Crippen LogP contribution in [0.1, 0.15) is 44.1 Å². The van der Waals surface area contributed by atoms with E-state index >= 15 is 0 Å². The highest BCUT2D eigenvalue weighted by Crippen LogP contribution is 2.11. The van der Waals surface area contributed by atoms with Crippen LogP contribution in [0.4, 0.5) is 0 Å². The van der Waals surface area contributed by atoms with Crippen LogP contribution >= 0.6 is 0 Å². The van der Waals surface area contributed by atoms with Crippen molar-refractivity contribution in [2.75, 3.05) is 26.2 Å². The monoisotopic (exact) mass is 396 g/mol. The summed E-state index contributed by atoms with van der Waals surface area (Å²) in [5, 5.41) is 0. The van der Waals surface area contributed by atoms with Crippen LogP contribution in [-0.4, -0.2) is 51.4 Å². The summed E-state index contributed by atoms with van der Waals surface area (Å²) in [6, 6.07) is 6.44. The molecule has 0 radical (unpaired) electrons. The van der Waals surface area contributed by atoms with Gasteiger partial charge in [-0.05, 0) is 31.9 Å². The third-order valence-corrected chi connectivity index (χ3v) is 5.99. The van der Waals surface area contributed by atoms with E-state index in [1.54, 1.807) is 17.0 Å². The molecule has 2 rings (SSSR count). The third-order valence-electron chi connectivity index (χ3n) is 4.52. The second-order valence-electron chi connectivity index (χ2n) is 6.77. The molecule has 0 unspecified atom stereocenters. The van der Waals surface area contributed by atoms with Crippen LogP contribution in [0.5, 0.6) is 0 Å². The summed E-state index contributed by atoms with van der Waals surface area (Å²) in [6.45, 7) is 2.91. The van der Waals surface area contributed by atoms with Gasteiger partial charge in [0.05, 0.1) is 11.3 Å². The Morgan fingerprint density at radius 1 is 1.04 bits per heavy atom. The Bertz CT molecular complexity index is 723. The quantitative estimate of drug-likeness (QED) is 0.712. The minimum Gasteiger partial charge on any atom is -0.456 e. The lowest BCUT2D eigenvalue weighted by molar-refractivity contribution is -0.152. The van der Waals surface area contributed by atoms with Gasteiger partial charge in [0.25, 0.3) is 5.91 Å². The van der Waals surface area contributed by atoms with Crippen LogP contribution in [0.2, 0.25) is 0 Å². The number of benzene rings is 1. The number of esters is 1. The first kappa shape index (κ1) is 21.4. The van der Waals surface area contributed by atoms with E-state index in [-0.39, 0.29) is 30.4 Å². The van der Waals surface area contributed by atoms with Gasteiger partial charge in [0, 0.05) is 19.6 Å². The maximum Gasteiger partial charge on any atom is 0.307 e. The molecule has 27 heavy (non-hydrogen) atoms. The Labute approximate surface area is 161 Å². The molecule has 1 amide bonds. The van der Waals surface area contributed by atoms with Crippen molar-refractivity contribution < 1.29 is 22.7 Å². The van der Waals surface area contributed by atoms with Crippen LogP contribution in [0.3, 0.4) is 0 Å². The van der Waals surface area contributed by atoms with E-state index in [9.17, 15) is 18.0 Å². The molecule has 0 spiro atoms. The summed E-state index contributed by atoms with van der Waals surface area (Å²) in [5.41, 5.74) is 0.960. The summed E-state index contributed by atoms with van der Waals surface area (Å²) < 4.78 is 31.6. The normalized spacial score (nSPS) is 15.7. The molecule has 1 aliphatic rings. The SMILES string of the molecule is Cc1ccc(S(=O)(=O)NCCC(=O)OCC(=O)N2CCCCCCC2)cc1. The number of sulfonamides is 1. The molecule has 150 valence electrons. The zero-order valence-electron chi connectivity index (χ0n) is 15.8. The number of carbonyl (C=O) groups is 2. The Morgan fingerprint density at radius 2 is 1.63 bits per heavy atom. The Morgan fingerprint density at radius 3 is 2.26 bits per heavy atom. The van der Waals surface area contributed by atoms with Gasteiger partial charge in [-0.3, -0.25) is 9.59 Å². The van der Waals surface area contributed by atoms with Crippen molar-refractivity contribution in [3.05, 3.63) is 29.8 Å². The van der Waals surface area contributed by atoms with Crippen LogP contribution in [0, 0.1) is 6.92 Å². The fourth-order valence-electron chi connectivity index (χ4n) is 2.89. The van der Waals surface area contributed by atoms with Gasteiger partial charge in [0.2, 0.25) is 10.0 Å². The number of hydrogen-bond acceptors (Lipinski definition) is 5. The predicted molar refractivity (Wildman–Crippen MR) is 102 cm³/mol. The Hall–Kier alpha value is -1.93. The van der Waals surface area contributed by atoms with Crippen molar-refractivity contribution in [3.8, 4) is 0 Å². The number of ether oxygens (including phenoxy) is 1. The van der Waals surface area contributed by atoms with E-state index in [1.807, 2.05) is 6.92 Å². The third kappa shape index (κ3) is 7.30. The standard InChI is InChI=1S/C19H28N2O5S/c1-16-7-9-17(10-8-16)27(24,25)20-12-11-19(23)26-15-18(22)21-13-5-3-2-4-6-14-21/h7-10,20H,2-6,11-15H2,1H3. The van der Waals surface area contributed by atoms with Crippen LogP contribution in [0.25, 0.3) is 0 Å². The van der Waals surface area contributed by atoms with E-state index < -0.39 is 16.0 Å². The van der Waals surface area contributed by atoms with Crippen molar-refractivity contribution in [1.29, 1.82) is 0 Å². The molecule has 1 aromatic rings. The van der Waals surface area contributed by atoms with E-state index in [0.29, 0.717) is 13.1 Å². The molecule has 0 aromatic heterocycles. The molecule has 1 aromatic carbocycles. The molecule has 8 heteroatoms. The fraction of sp³-hybridized carbons (Fsp3) is 0.579. The van der Waals surface area contributed by atoms with Crippen LogP contribution in [0.15, 0.2) is 29.2 Å². The van der Waals surface area contributed by atoms with Gasteiger partial charge in [-0.25, -0.2) is 13.1 Å². The molecule has 1 N–H and O–H groups in total. The van der Waals surface area contributed by atoms with Gasteiger partial charge in [-0.1, -0.05) is 37.0 Å². The van der Waals surface area contributed by atoms with Crippen molar-refractivity contribution in [2.45, 2.75) is 50.3 Å². The molecule has 0 bridgehead atoms. The minimum atomic E-state index is -3.66. The summed E-state index contributed by atoms with van der Waals surface area (Å²) in [5.74, 6) is -0.785. The van der Waals surface area contributed by atoms with Gasteiger partial charge < -0.3 is 9.64 Å². The second-order valence-corrected chi connectivity index (χ2v) is 8.54. The van der Waals surface area contributed by atoms with E-state index in [4.69, 9.17) is 4.74 Å². The Kier molecular flexibility index (Phi) is 8.24. The smallest absolute Gasteiger partial charge is 0.307 e. The molecular formula is C19H28N2O5S. The summed E-state index contributed by atoms with van der Waals surface area (Å²) >= 11 is 0. The minimum absolute atomic E-state index is 0.0764. The lowest BCUT2D eigenvalue weighted by Crippen LogP contribution is -2.37. The van der Waals surface area contributed by atoms with Gasteiger partial charge in [0.1, 0.15) is 0 Å². The van der Waals surface area contributed by atoms with Crippen molar-refractivity contribution in [1.82, 2.24) is 9.62 Å². The summed E-state index contributed by atoms with van der Waals surface area (Å²) in [7, 11) is -3.66. The molecule has 0 saturated carbocycles. The van der Waals surface area contributed by atoms with E-state index in [0.717, 1.165) is 31.2 Å². The van der Waals surface area contributed by atoms with Crippen molar-refractivity contribution in [3.63, 3.8) is 0 Å². The van der Waals surface area contributed by atoms with Crippen molar-refractivity contribution in [2.24, 2.45) is 0 Å². The molecule has 1 aliphatic heterocycles. The first-order valence-corrected chi connectivity index (χ1v) is 10.9. The van der Waals surface area contributed by atoms with Gasteiger partial charge in [-0.15, -0.1) is 0 Å². The average Bonchev–Trinajstić information content (AvgIpc) is 2.59. The zero-order valence-corrected chi connectivity index (χ0v) is 16.6. The summed E-state index contributed by atoms with van der Waals surface area (Å²) in [4.78, 5) is 25.8. The first-order valence-electron chi connectivity index (χ1n) is 9.38. The average molecular weight is 397 g/mol. The maximum absolute atomic E-state index is 12.2. The number of carbonyl (C=O) groups excluding carboxylic acids is 2. The number of amides is 1. The number of nitrogens with zero attached hydrogens (tertiary/aromatic N) is 1. The maximum atomic E-state index is 12.2. The van der Waals surface area contributed by atoms with Crippen molar-refractivity contribution >= 4 is 21.9 Å². The highest BCUT2D eigenvalue weighted by molar-refractivity contribution is 7.89. The molecule has 7 nitrogen and oxygen atoms in total. The lowest BCUT2D eigenvalue weighted by atomic mass is 10.1. The molecule has 1 saturated heterocycles. The predicted octanol–water partition coefficient (Wildman–Crippen LogP) is 2.00. The number of likely N-dealkylation sites (tertiary alicyclic amines) is 1. The molecule has 1 heterocycles. The summed E-state index contributed by atoms with van der Waals surface area (Å²) in [6.07, 6.45) is 5.25. The van der Waals surface area contributed by atoms with Gasteiger partial charge in [0.15, 0.2) is 6.61 Å².